The molecule has 0 spiro atoms. The molecule has 0 aliphatic rings. The van der Waals surface area contributed by atoms with E-state index in [4.69, 9.17) is 23.2 Å². The lowest BCUT2D eigenvalue weighted by molar-refractivity contribution is -0.106. The molecule has 0 N–H and O–H groups in total. The Labute approximate surface area is 174 Å². The van der Waals surface area contributed by atoms with Crippen LogP contribution in [0.5, 0.6) is 0 Å². The molecule has 0 aliphatic carbocycles. The van der Waals surface area contributed by atoms with E-state index in [1.54, 1.807) is 24.5 Å². The highest BCUT2D eigenvalue weighted by Crippen LogP contribution is 2.38. The first-order chi connectivity index (χ1) is 13.2. The molecule has 28 heavy (non-hydrogen) atoms. The van der Waals surface area contributed by atoms with Gasteiger partial charge in [-0.1, -0.05) is 56.1 Å². The standard InChI is InChI=1S/C21H20Cl2N4O/c1-13-24-10-15(11-25-13)14-5-6-17(21(2,3)4)18(7-14)27(12-28)16-8-19(22)26-20(23)9-16/h5-12H,1-4H3. The van der Waals surface area contributed by atoms with Gasteiger partial charge >= 0.3 is 0 Å². The predicted octanol–water partition coefficient (Wildman–Crippen LogP) is 5.75. The Bertz CT molecular complexity index is 994. The van der Waals surface area contributed by atoms with Gasteiger partial charge in [0.25, 0.3) is 0 Å². The van der Waals surface area contributed by atoms with Gasteiger partial charge in [-0.2, -0.15) is 0 Å². The fraction of sp³-hybridized carbons (Fsp3) is 0.238. The normalized spacial score (nSPS) is 11.4. The second kappa shape index (κ2) is 7.86. The van der Waals surface area contributed by atoms with Crippen molar-refractivity contribution in [3.63, 3.8) is 0 Å². The number of carbonyl (C=O) groups is 1. The van der Waals surface area contributed by atoms with Gasteiger partial charge in [0.15, 0.2) is 0 Å². The smallest absolute Gasteiger partial charge is 0.218 e. The van der Waals surface area contributed by atoms with Crippen molar-refractivity contribution >= 4 is 41.0 Å². The first-order valence-electron chi connectivity index (χ1n) is 8.70. The molecule has 3 aromatic rings. The summed E-state index contributed by atoms with van der Waals surface area (Å²) >= 11 is 12.1. The minimum Gasteiger partial charge on any atom is -0.283 e. The molecule has 0 atom stereocenters. The quantitative estimate of drug-likeness (QED) is 0.402. The van der Waals surface area contributed by atoms with Gasteiger partial charge in [0.2, 0.25) is 6.41 Å². The molecule has 5 nitrogen and oxygen atoms in total. The van der Waals surface area contributed by atoms with E-state index in [1.807, 2.05) is 25.1 Å². The summed E-state index contributed by atoms with van der Waals surface area (Å²) in [5.74, 6) is 0.700. The summed E-state index contributed by atoms with van der Waals surface area (Å²) in [6.45, 7) is 8.12. The van der Waals surface area contributed by atoms with Crippen LogP contribution in [0.2, 0.25) is 10.3 Å². The van der Waals surface area contributed by atoms with Crippen LogP contribution in [-0.4, -0.2) is 21.4 Å². The van der Waals surface area contributed by atoms with Crippen LogP contribution in [0.25, 0.3) is 11.1 Å². The van der Waals surface area contributed by atoms with Crippen molar-refractivity contribution < 1.29 is 4.79 Å². The zero-order valence-corrected chi connectivity index (χ0v) is 17.6. The third-order valence-electron chi connectivity index (χ3n) is 4.31. The van der Waals surface area contributed by atoms with Gasteiger partial charge in [-0.05, 0) is 41.7 Å². The molecule has 3 rings (SSSR count). The summed E-state index contributed by atoms with van der Waals surface area (Å²) in [4.78, 5) is 26.1. The number of anilines is 2. The third kappa shape index (κ3) is 4.32. The van der Waals surface area contributed by atoms with E-state index in [2.05, 4.69) is 35.7 Å². The summed E-state index contributed by atoms with van der Waals surface area (Å²) in [7, 11) is 0. The average Bonchev–Trinajstić information content (AvgIpc) is 2.61. The number of rotatable bonds is 4. The Hall–Kier alpha value is -2.50. The summed E-state index contributed by atoms with van der Waals surface area (Å²) in [5.41, 5.74) is 3.85. The number of hydrogen-bond donors (Lipinski definition) is 0. The van der Waals surface area contributed by atoms with Gasteiger partial charge in [-0.3, -0.25) is 9.69 Å². The number of aromatic nitrogens is 3. The molecular formula is C21H20Cl2N4O. The summed E-state index contributed by atoms with van der Waals surface area (Å²) in [6.07, 6.45) is 4.29. The Morgan fingerprint density at radius 3 is 2.11 bits per heavy atom. The molecule has 0 saturated carbocycles. The molecule has 0 unspecified atom stereocenters. The predicted molar refractivity (Wildman–Crippen MR) is 113 cm³/mol. The van der Waals surface area contributed by atoms with Crippen LogP contribution >= 0.6 is 23.2 Å². The van der Waals surface area contributed by atoms with Gasteiger partial charge in [0.05, 0.1) is 11.4 Å². The maximum absolute atomic E-state index is 12.1. The first-order valence-corrected chi connectivity index (χ1v) is 9.46. The monoisotopic (exact) mass is 414 g/mol. The number of amides is 1. The first kappa shape index (κ1) is 20.2. The molecule has 0 fully saturated rings. The number of carbonyl (C=O) groups excluding carboxylic acids is 1. The van der Waals surface area contributed by atoms with Gasteiger partial charge in [0, 0.05) is 18.0 Å². The highest BCUT2D eigenvalue weighted by Gasteiger charge is 2.23. The highest BCUT2D eigenvalue weighted by molar-refractivity contribution is 6.33. The van der Waals surface area contributed by atoms with Crippen molar-refractivity contribution in [3.8, 4) is 11.1 Å². The summed E-state index contributed by atoms with van der Waals surface area (Å²) in [5, 5.41) is 0.435. The number of pyridine rings is 1. The van der Waals surface area contributed by atoms with Crippen molar-refractivity contribution in [3.05, 3.63) is 64.4 Å². The van der Waals surface area contributed by atoms with Crippen molar-refractivity contribution in [1.82, 2.24) is 15.0 Å². The van der Waals surface area contributed by atoms with Crippen LogP contribution in [0.1, 0.15) is 32.2 Å². The van der Waals surface area contributed by atoms with Gasteiger partial charge in [0.1, 0.15) is 16.1 Å². The lowest BCUT2D eigenvalue weighted by Crippen LogP contribution is -2.21. The number of benzene rings is 1. The van der Waals surface area contributed by atoms with Crippen molar-refractivity contribution in [2.45, 2.75) is 33.1 Å². The molecule has 0 bridgehead atoms. The van der Waals surface area contributed by atoms with E-state index in [-0.39, 0.29) is 15.7 Å². The lowest BCUT2D eigenvalue weighted by Gasteiger charge is -2.28. The fourth-order valence-corrected chi connectivity index (χ4v) is 3.38. The number of aryl methyl sites for hydroxylation is 1. The van der Waals surface area contributed by atoms with Crippen molar-refractivity contribution in [1.29, 1.82) is 0 Å². The number of hydrogen-bond acceptors (Lipinski definition) is 4. The largest absolute Gasteiger partial charge is 0.283 e. The Morgan fingerprint density at radius 1 is 0.964 bits per heavy atom. The molecule has 0 radical (unpaired) electrons. The second-order valence-electron chi connectivity index (χ2n) is 7.45. The summed E-state index contributed by atoms with van der Waals surface area (Å²) in [6, 6.07) is 9.19. The van der Waals surface area contributed by atoms with E-state index in [0.29, 0.717) is 11.5 Å². The third-order valence-corrected chi connectivity index (χ3v) is 4.70. The molecule has 0 saturated heterocycles. The molecule has 144 valence electrons. The van der Waals surface area contributed by atoms with Crippen LogP contribution in [-0.2, 0) is 10.2 Å². The van der Waals surface area contributed by atoms with Crippen LogP contribution in [0.15, 0.2) is 42.7 Å². The molecule has 0 aliphatic heterocycles. The van der Waals surface area contributed by atoms with Gasteiger partial charge in [-0.25, -0.2) is 15.0 Å². The van der Waals surface area contributed by atoms with Crippen molar-refractivity contribution in [2.75, 3.05) is 4.90 Å². The van der Waals surface area contributed by atoms with Crippen LogP contribution < -0.4 is 4.90 Å². The minimum atomic E-state index is -0.195. The Morgan fingerprint density at radius 2 is 1.57 bits per heavy atom. The van der Waals surface area contributed by atoms with E-state index in [0.717, 1.165) is 28.8 Å². The molecule has 7 heteroatoms. The van der Waals surface area contributed by atoms with E-state index < -0.39 is 0 Å². The maximum Gasteiger partial charge on any atom is 0.218 e. The van der Waals surface area contributed by atoms with Gasteiger partial charge < -0.3 is 0 Å². The SMILES string of the molecule is Cc1ncc(-c2ccc(C(C)(C)C)c(N(C=O)c3cc(Cl)nc(Cl)c3)c2)cn1. The van der Waals surface area contributed by atoms with Crippen molar-refractivity contribution in [2.24, 2.45) is 0 Å². The molecule has 1 amide bonds. The minimum absolute atomic E-state index is 0.195. The molecule has 2 heterocycles. The molecular weight excluding hydrogens is 395 g/mol. The lowest BCUT2D eigenvalue weighted by atomic mass is 9.84. The zero-order chi connectivity index (χ0) is 20.5. The van der Waals surface area contributed by atoms with Crippen LogP contribution in [0.4, 0.5) is 11.4 Å². The van der Waals surface area contributed by atoms with Crippen LogP contribution in [0, 0.1) is 6.92 Å². The Kier molecular flexibility index (Phi) is 5.68. The summed E-state index contributed by atoms with van der Waals surface area (Å²) < 4.78 is 0. The van der Waals surface area contributed by atoms with E-state index in [9.17, 15) is 4.79 Å². The molecule has 2 aromatic heterocycles. The topological polar surface area (TPSA) is 59.0 Å². The van der Waals surface area contributed by atoms with E-state index >= 15 is 0 Å². The number of halogens is 2. The highest BCUT2D eigenvalue weighted by atomic mass is 35.5. The average molecular weight is 415 g/mol. The molecule has 1 aromatic carbocycles. The van der Waals surface area contributed by atoms with E-state index in [1.165, 1.54) is 4.90 Å². The fourth-order valence-electron chi connectivity index (χ4n) is 2.93. The van der Waals surface area contributed by atoms with Gasteiger partial charge in [-0.15, -0.1) is 0 Å². The second-order valence-corrected chi connectivity index (χ2v) is 8.22. The maximum atomic E-state index is 12.1. The Balaban J connectivity index is 2.21. The number of nitrogens with zero attached hydrogens (tertiary/aromatic N) is 4. The zero-order valence-electron chi connectivity index (χ0n) is 16.1. The van der Waals surface area contributed by atoms with Crippen LogP contribution in [0.3, 0.4) is 0 Å².